The maximum absolute atomic E-state index is 13.2. The largest absolute Gasteiger partial charge is 0.366 e. The van der Waals surface area contributed by atoms with Crippen LogP contribution in [0.4, 0.5) is 0 Å². The van der Waals surface area contributed by atoms with Crippen LogP contribution in [-0.2, 0) is 19.9 Å². The van der Waals surface area contributed by atoms with Gasteiger partial charge in [-0.15, -0.1) is 0 Å². The van der Waals surface area contributed by atoms with Gasteiger partial charge in [0.15, 0.2) is 5.03 Å². The van der Waals surface area contributed by atoms with Crippen molar-refractivity contribution >= 4 is 25.8 Å². The predicted octanol–water partition coefficient (Wildman–Crippen LogP) is 1.06. The highest BCUT2D eigenvalue weighted by Gasteiger charge is 2.30. The summed E-state index contributed by atoms with van der Waals surface area (Å²) < 4.78 is 50.1. The average molecular weight is 441 g/mol. The molecule has 0 atom stereocenters. The molecule has 10 heteroatoms. The molecule has 0 aliphatic heterocycles. The molecule has 0 saturated heterocycles. The summed E-state index contributed by atoms with van der Waals surface area (Å²) in [7, 11) is -8.94. The highest BCUT2D eigenvalue weighted by atomic mass is 32.2. The van der Waals surface area contributed by atoms with Crippen LogP contribution in [-0.4, -0.2) is 27.7 Å². The van der Waals surface area contributed by atoms with Crippen molar-refractivity contribution < 1.29 is 21.6 Å². The number of benzene rings is 2. The molecule has 1 aromatic heterocycles. The maximum Gasteiger partial charge on any atom is 0.251 e. The summed E-state index contributed by atoms with van der Waals surface area (Å²) in [6.45, 7) is 0. The van der Waals surface area contributed by atoms with Crippen molar-refractivity contribution in [1.82, 2.24) is 4.98 Å². The summed E-state index contributed by atoms with van der Waals surface area (Å²) in [5, 5.41) is 4.44. The zero-order valence-electron chi connectivity index (χ0n) is 15.3. The van der Waals surface area contributed by atoms with Crippen LogP contribution in [0.2, 0.25) is 0 Å². The molecule has 0 bridgehead atoms. The molecule has 0 aliphatic rings. The molecule has 0 saturated carbocycles. The monoisotopic (exact) mass is 441 g/mol. The van der Waals surface area contributed by atoms with Crippen LogP contribution in [0, 0.1) is 11.8 Å². The van der Waals surface area contributed by atoms with Gasteiger partial charge in [0.1, 0.15) is 10.6 Å². The summed E-state index contributed by atoms with van der Waals surface area (Å²) in [6.07, 6.45) is 0. The lowest BCUT2D eigenvalue weighted by atomic mass is 10.2. The van der Waals surface area contributed by atoms with E-state index < -0.39 is 46.1 Å². The Morgan fingerprint density at radius 2 is 1.40 bits per heavy atom. The van der Waals surface area contributed by atoms with E-state index in [4.69, 9.17) is 10.9 Å². The third-order valence-electron chi connectivity index (χ3n) is 3.93. The highest BCUT2D eigenvalue weighted by Crippen LogP contribution is 2.27. The van der Waals surface area contributed by atoms with E-state index in [1.807, 2.05) is 6.07 Å². The first-order valence-electron chi connectivity index (χ1n) is 8.35. The Balaban J connectivity index is 2.22. The van der Waals surface area contributed by atoms with Crippen LogP contribution in [0.3, 0.4) is 0 Å². The lowest BCUT2D eigenvalue weighted by Crippen LogP contribution is -2.21. The van der Waals surface area contributed by atoms with Crippen LogP contribution >= 0.6 is 0 Å². The number of carbonyl (C=O) groups is 1. The van der Waals surface area contributed by atoms with Crippen LogP contribution in [0.1, 0.15) is 21.6 Å². The zero-order chi connectivity index (χ0) is 21.9. The topological polar surface area (TPSA) is 150 Å². The first-order valence-corrected chi connectivity index (χ1v) is 11.4. The fourth-order valence-corrected chi connectivity index (χ4v) is 5.34. The van der Waals surface area contributed by atoms with E-state index in [2.05, 4.69) is 16.8 Å². The van der Waals surface area contributed by atoms with Gasteiger partial charge in [-0.25, -0.2) is 27.0 Å². The maximum atomic E-state index is 13.2. The lowest BCUT2D eigenvalue weighted by molar-refractivity contribution is 0.0996. The second-order valence-corrected chi connectivity index (χ2v) is 9.39. The zero-order valence-corrected chi connectivity index (χ0v) is 16.9. The van der Waals surface area contributed by atoms with Crippen molar-refractivity contribution in [2.75, 3.05) is 0 Å². The molecule has 3 rings (SSSR count). The highest BCUT2D eigenvalue weighted by molar-refractivity contribution is 7.93. The summed E-state index contributed by atoms with van der Waals surface area (Å²) in [4.78, 5) is 14.6. The van der Waals surface area contributed by atoms with Crippen LogP contribution in [0.15, 0.2) is 81.5 Å². The van der Waals surface area contributed by atoms with Crippen molar-refractivity contribution in [3.63, 3.8) is 0 Å². The normalized spacial score (nSPS) is 11.4. The Morgan fingerprint density at radius 3 is 2.00 bits per heavy atom. The number of nitrogens with zero attached hydrogens (tertiary/aromatic N) is 1. The molecule has 2 aromatic carbocycles. The number of hydrogen-bond donors (Lipinski definition) is 2. The van der Waals surface area contributed by atoms with Gasteiger partial charge in [-0.2, -0.15) is 0 Å². The number of hydrogen-bond acceptors (Lipinski definition) is 6. The number of aromatic nitrogens is 1. The first-order chi connectivity index (χ1) is 14.1. The van der Waals surface area contributed by atoms with Gasteiger partial charge in [-0.05, 0) is 42.3 Å². The summed E-state index contributed by atoms with van der Waals surface area (Å²) in [5.41, 5.74) is 5.63. The van der Waals surface area contributed by atoms with Crippen LogP contribution < -0.4 is 10.9 Å². The Kier molecular flexibility index (Phi) is 5.71. The van der Waals surface area contributed by atoms with Gasteiger partial charge >= 0.3 is 0 Å². The van der Waals surface area contributed by atoms with Gasteiger partial charge in [-0.3, -0.25) is 4.79 Å². The van der Waals surface area contributed by atoms with Gasteiger partial charge in [0.2, 0.25) is 19.9 Å². The molecule has 30 heavy (non-hydrogen) atoms. The van der Waals surface area contributed by atoms with E-state index in [0.717, 1.165) is 12.1 Å². The number of sulfonamides is 1. The smallest absolute Gasteiger partial charge is 0.251 e. The van der Waals surface area contributed by atoms with E-state index in [1.54, 1.807) is 24.3 Å². The Morgan fingerprint density at radius 1 is 0.800 bits per heavy atom. The first kappa shape index (κ1) is 21.2. The third-order valence-corrected chi connectivity index (χ3v) is 6.79. The molecule has 4 N–H and O–H groups in total. The quantitative estimate of drug-likeness (QED) is 0.578. The molecule has 1 heterocycles. The minimum Gasteiger partial charge on any atom is -0.366 e. The van der Waals surface area contributed by atoms with Crippen LogP contribution in [0.25, 0.3) is 0 Å². The molecule has 1 amide bonds. The summed E-state index contributed by atoms with van der Waals surface area (Å²) in [5.74, 6) is 4.49. The second-order valence-electron chi connectivity index (χ2n) is 6.02. The Hall–Kier alpha value is -3.52. The standard InChI is InChI=1S/C20H15N3O5S2/c21-19(24)16-13-12-15(11-10-14-6-2-1-3-7-14)23-20(16)29(25,26)17-8-4-5-9-18(17)30(22,27)28/h1-9,12-13H,(H2,21,24)(H2,22,27,28). The Bertz CT molecular complexity index is 1410. The molecule has 0 aliphatic carbocycles. The van der Waals surface area contributed by atoms with E-state index in [1.165, 1.54) is 24.3 Å². The van der Waals surface area contributed by atoms with Crippen molar-refractivity contribution in [2.24, 2.45) is 10.9 Å². The number of carbonyl (C=O) groups excluding carboxylic acids is 1. The fraction of sp³-hybridized carbons (Fsp3) is 0. The molecular weight excluding hydrogens is 426 g/mol. The molecule has 0 radical (unpaired) electrons. The summed E-state index contributed by atoms with van der Waals surface area (Å²) >= 11 is 0. The predicted molar refractivity (Wildman–Crippen MR) is 108 cm³/mol. The SMILES string of the molecule is NC(=O)c1ccc(C#Cc2ccccc2)nc1S(=O)(=O)c1ccccc1S(N)(=O)=O. The number of primary amides is 1. The lowest BCUT2D eigenvalue weighted by Gasteiger charge is -2.11. The molecule has 0 fully saturated rings. The molecule has 0 spiro atoms. The number of amides is 1. The number of sulfone groups is 1. The van der Waals surface area contributed by atoms with E-state index in [0.29, 0.717) is 5.56 Å². The second kappa shape index (κ2) is 8.08. The summed E-state index contributed by atoms with van der Waals surface area (Å²) in [6, 6.07) is 16.2. The fourth-order valence-electron chi connectivity index (χ4n) is 2.57. The third kappa shape index (κ3) is 4.38. The minimum absolute atomic E-state index is 0.0514. The van der Waals surface area contributed by atoms with E-state index in [-0.39, 0.29) is 5.69 Å². The van der Waals surface area contributed by atoms with E-state index >= 15 is 0 Å². The van der Waals surface area contributed by atoms with Crippen molar-refractivity contribution in [1.29, 1.82) is 0 Å². The number of pyridine rings is 1. The average Bonchev–Trinajstić information content (AvgIpc) is 2.72. The van der Waals surface area contributed by atoms with E-state index in [9.17, 15) is 21.6 Å². The minimum atomic E-state index is -4.57. The number of primary sulfonamides is 1. The van der Waals surface area contributed by atoms with Gasteiger partial charge in [0, 0.05) is 5.56 Å². The Labute approximate surface area is 173 Å². The molecule has 0 unspecified atom stereocenters. The molecule has 8 nitrogen and oxygen atoms in total. The van der Waals surface area contributed by atoms with Crippen LogP contribution in [0.5, 0.6) is 0 Å². The van der Waals surface area contributed by atoms with Gasteiger partial charge in [0.25, 0.3) is 5.91 Å². The van der Waals surface area contributed by atoms with Crippen molar-refractivity contribution in [3.05, 3.63) is 83.6 Å². The number of nitrogens with two attached hydrogens (primary N) is 2. The number of rotatable bonds is 4. The van der Waals surface area contributed by atoms with Crippen molar-refractivity contribution in [3.8, 4) is 11.8 Å². The van der Waals surface area contributed by atoms with Crippen molar-refractivity contribution in [2.45, 2.75) is 14.8 Å². The molecule has 152 valence electrons. The van der Waals surface area contributed by atoms with Gasteiger partial charge in [-0.1, -0.05) is 36.3 Å². The molecular formula is C20H15N3O5S2. The van der Waals surface area contributed by atoms with Gasteiger partial charge < -0.3 is 5.73 Å². The van der Waals surface area contributed by atoms with Gasteiger partial charge in [0.05, 0.1) is 10.5 Å². The molecule has 3 aromatic rings.